The standard InChI is InChI=1S/C13H17BrN2O3/c1-3-13(4-2,9-14)15-12(17)10-5-7-11(8-6-10)16(18)19/h5-8H,3-4,9H2,1-2H3,(H,15,17). The molecular weight excluding hydrogens is 312 g/mol. The summed E-state index contributed by atoms with van der Waals surface area (Å²) in [6.07, 6.45) is 1.63. The number of nitro benzene ring substituents is 1. The second-order valence-electron chi connectivity index (χ2n) is 4.38. The van der Waals surface area contributed by atoms with Crippen LogP contribution in [0.1, 0.15) is 37.0 Å². The van der Waals surface area contributed by atoms with Crippen LogP contribution in [0, 0.1) is 10.1 Å². The quantitative estimate of drug-likeness (QED) is 0.494. The fourth-order valence-electron chi connectivity index (χ4n) is 1.70. The predicted octanol–water partition coefficient (Wildman–Crippen LogP) is 3.28. The fourth-order valence-corrected chi connectivity index (χ4v) is 2.63. The number of alkyl halides is 1. The summed E-state index contributed by atoms with van der Waals surface area (Å²) in [6, 6.07) is 5.61. The normalized spacial score (nSPS) is 11.1. The largest absolute Gasteiger partial charge is 0.346 e. The number of carbonyl (C=O) groups is 1. The minimum absolute atomic E-state index is 0.0192. The maximum absolute atomic E-state index is 12.1. The molecule has 0 atom stereocenters. The maximum atomic E-state index is 12.1. The van der Waals surface area contributed by atoms with Gasteiger partial charge in [-0.3, -0.25) is 14.9 Å². The average Bonchev–Trinajstić information content (AvgIpc) is 2.45. The van der Waals surface area contributed by atoms with E-state index in [1.165, 1.54) is 24.3 Å². The number of carbonyl (C=O) groups excluding carboxylic acids is 1. The number of hydrogen-bond donors (Lipinski definition) is 1. The molecule has 1 N–H and O–H groups in total. The third kappa shape index (κ3) is 3.76. The van der Waals surface area contributed by atoms with Crippen molar-refractivity contribution in [3.63, 3.8) is 0 Å². The molecule has 0 heterocycles. The highest BCUT2D eigenvalue weighted by Crippen LogP contribution is 2.19. The Labute approximate surface area is 120 Å². The van der Waals surface area contributed by atoms with Crippen LogP contribution in [-0.4, -0.2) is 21.7 Å². The SMILES string of the molecule is CCC(CC)(CBr)NC(=O)c1ccc([N+](=O)[O-])cc1. The lowest BCUT2D eigenvalue weighted by atomic mass is 9.95. The van der Waals surface area contributed by atoms with Crippen molar-refractivity contribution < 1.29 is 9.72 Å². The van der Waals surface area contributed by atoms with Crippen LogP contribution >= 0.6 is 15.9 Å². The Hall–Kier alpha value is -1.43. The minimum Gasteiger partial charge on any atom is -0.346 e. The summed E-state index contributed by atoms with van der Waals surface area (Å²) in [5, 5.41) is 14.2. The molecular formula is C13H17BrN2O3. The lowest BCUT2D eigenvalue weighted by molar-refractivity contribution is -0.384. The van der Waals surface area contributed by atoms with Gasteiger partial charge in [-0.2, -0.15) is 0 Å². The highest BCUT2D eigenvalue weighted by Gasteiger charge is 2.27. The number of nitrogens with zero attached hydrogens (tertiary/aromatic N) is 1. The number of halogens is 1. The first-order valence-electron chi connectivity index (χ1n) is 6.11. The van der Waals surface area contributed by atoms with Crippen LogP contribution in [0.3, 0.4) is 0 Å². The molecule has 1 amide bonds. The van der Waals surface area contributed by atoms with Crippen molar-refractivity contribution in [2.24, 2.45) is 0 Å². The summed E-state index contributed by atoms with van der Waals surface area (Å²) >= 11 is 3.42. The maximum Gasteiger partial charge on any atom is 0.269 e. The number of non-ortho nitro benzene ring substituents is 1. The van der Waals surface area contributed by atoms with E-state index >= 15 is 0 Å². The van der Waals surface area contributed by atoms with Gasteiger partial charge in [0.2, 0.25) is 0 Å². The lowest BCUT2D eigenvalue weighted by Gasteiger charge is -2.30. The summed E-state index contributed by atoms with van der Waals surface area (Å²) in [5.41, 5.74) is 0.130. The Bertz CT molecular complexity index is 447. The molecule has 0 radical (unpaired) electrons. The van der Waals surface area contributed by atoms with E-state index in [-0.39, 0.29) is 17.1 Å². The molecule has 0 aliphatic rings. The average molecular weight is 329 g/mol. The molecule has 0 bridgehead atoms. The van der Waals surface area contributed by atoms with Gasteiger partial charge in [0, 0.05) is 28.6 Å². The van der Waals surface area contributed by atoms with Gasteiger partial charge in [0.15, 0.2) is 0 Å². The molecule has 5 nitrogen and oxygen atoms in total. The molecule has 1 rings (SSSR count). The van der Waals surface area contributed by atoms with Crippen LogP contribution in [0.4, 0.5) is 5.69 Å². The Balaban J connectivity index is 2.86. The van der Waals surface area contributed by atoms with Crippen LogP contribution in [-0.2, 0) is 0 Å². The first-order valence-corrected chi connectivity index (χ1v) is 7.23. The van der Waals surface area contributed by atoms with E-state index in [4.69, 9.17) is 0 Å². The van der Waals surface area contributed by atoms with Gasteiger partial charge in [0.05, 0.1) is 4.92 Å². The molecule has 1 aromatic carbocycles. The first-order chi connectivity index (χ1) is 8.98. The number of nitrogens with one attached hydrogen (secondary N) is 1. The summed E-state index contributed by atoms with van der Waals surface area (Å²) in [4.78, 5) is 22.2. The van der Waals surface area contributed by atoms with Crippen molar-refractivity contribution in [3.8, 4) is 0 Å². The number of rotatable bonds is 6. The van der Waals surface area contributed by atoms with Crippen molar-refractivity contribution in [2.45, 2.75) is 32.2 Å². The van der Waals surface area contributed by atoms with Crippen LogP contribution < -0.4 is 5.32 Å². The molecule has 0 fully saturated rings. The van der Waals surface area contributed by atoms with Gasteiger partial charge in [0.1, 0.15) is 0 Å². The molecule has 0 saturated heterocycles. The topological polar surface area (TPSA) is 72.2 Å². The van der Waals surface area contributed by atoms with Crippen molar-refractivity contribution >= 4 is 27.5 Å². The number of nitro groups is 1. The van der Waals surface area contributed by atoms with E-state index < -0.39 is 4.92 Å². The van der Waals surface area contributed by atoms with E-state index in [2.05, 4.69) is 21.2 Å². The van der Waals surface area contributed by atoms with Gasteiger partial charge < -0.3 is 5.32 Å². The number of hydrogen-bond acceptors (Lipinski definition) is 3. The van der Waals surface area contributed by atoms with Gasteiger partial charge in [-0.15, -0.1) is 0 Å². The third-order valence-electron chi connectivity index (χ3n) is 3.33. The van der Waals surface area contributed by atoms with Gasteiger partial charge in [0.25, 0.3) is 11.6 Å². The summed E-state index contributed by atoms with van der Waals surface area (Å²) in [6.45, 7) is 4.03. The summed E-state index contributed by atoms with van der Waals surface area (Å²) in [7, 11) is 0. The van der Waals surface area contributed by atoms with Crippen molar-refractivity contribution in [1.82, 2.24) is 5.32 Å². The second kappa shape index (κ2) is 6.65. The minimum atomic E-state index is -0.484. The van der Waals surface area contributed by atoms with E-state index in [9.17, 15) is 14.9 Å². The number of amides is 1. The third-order valence-corrected chi connectivity index (χ3v) is 4.40. The van der Waals surface area contributed by atoms with Crippen molar-refractivity contribution in [2.75, 3.05) is 5.33 Å². The van der Waals surface area contributed by atoms with E-state index in [0.717, 1.165) is 12.8 Å². The molecule has 1 aromatic rings. The molecule has 104 valence electrons. The Morgan fingerprint density at radius 3 is 2.21 bits per heavy atom. The van der Waals surface area contributed by atoms with Crippen LogP contribution in [0.2, 0.25) is 0 Å². The van der Waals surface area contributed by atoms with Crippen LogP contribution in [0.15, 0.2) is 24.3 Å². The highest BCUT2D eigenvalue weighted by atomic mass is 79.9. The van der Waals surface area contributed by atoms with E-state index in [1.807, 2.05) is 13.8 Å². The van der Waals surface area contributed by atoms with E-state index in [0.29, 0.717) is 10.9 Å². The fraction of sp³-hybridized carbons (Fsp3) is 0.462. The molecule has 6 heteroatoms. The Kier molecular flexibility index (Phi) is 5.47. The summed E-state index contributed by atoms with van der Waals surface area (Å²) < 4.78 is 0. The molecule has 0 spiro atoms. The molecule has 0 unspecified atom stereocenters. The lowest BCUT2D eigenvalue weighted by Crippen LogP contribution is -2.49. The van der Waals surface area contributed by atoms with Gasteiger partial charge in [-0.1, -0.05) is 29.8 Å². The van der Waals surface area contributed by atoms with Gasteiger partial charge in [-0.05, 0) is 25.0 Å². The van der Waals surface area contributed by atoms with E-state index in [1.54, 1.807) is 0 Å². The van der Waals surface area contributed by atoms with Gasteiger partial charge in [-0.25, -0.2) is 0 Å². The number of benzene rings is 1. The highest BCUT2D eigenvalue weighted by molar-refractivity contribution is 9.09. The Morgan fingerprint density at radius 2 is 1.84 bits per heavy atom. The van der Waals surface area contributed by atoms with Gasteiger partial charge >= 0.3 is 0 Å². The molecule has 0 aliphatic carbocycles. The smallest absolute Gasteiger partial charge is 0.269 e. The molecule has 19 heavy (non-hydrogen) atoms. The molecule has 0 aromatic heterocycles. The van der Waals surface area contributed by atoms with Crippen molar-refractivity contribution in [1.29, 1.82) is 0 Å². The zero-order valence-corrected chi connectivity index (χ0v) is 12.6. The molecule has 0 aliphatic heterocycles. The first kappa shape index (κ1) is 15.6. The van der Waals surface area contributed by atoms with Crippen LogP contribution in [0.25, 0.3) is 0 Å². The van der Waals surface area contributed by atoms with Crippen LogP contribution in [0.5, 0.6) is 0 Å². The second-order valence-corrected chi connectivity index (χ2v) is 4.94. The van der Waals surface area contributed by atoms with Crippen molar-refractivity contribution in [3.05, 3.63) is 39.9 Å². The monoisotopic (exact) mass is 328 g/mol. The summed E-state index contributed by atoms with van der Waals surface area (Å²) in [5.74, 6) is -0.210. The Morgan fingerprint density at radius 1 is 1.32 bits per heavy atom. The zero-order chi connectivity index (χ0) is 14.5. The molecule has 0 saturated carbocycles. The zero-order valence-electron chi connectivity index (χ0n) is 11.0. The predicted molar refractivity (Wildman–Crippen MR) is 77.7 cm³/mol.